The molecule has 190 valence electrons. The average Bonchev–Trinajstić information content (AvgIpc) is 3.30. The molecule has 1 amide bonds. The topological polar surface area (TPSA) is 73.1 Å². The second-order valence-electron chi connectivity index (χ2n) is 7.96. The van der Waals surface area contributed by atoms with Crippen molar-refractivity contribution in [2.75, 3.05) is 6.61 Å². The molecule has 0 fully saturated rings. The lowest BCUT2D eigenvalue weighted by molar-refractivity contribution is 0.0929. The zero-order valence-corrected chi connectivity index (χ0v) is 23.8. The Labute approximate surface area is 236 Å². The van der Waals surface area contributed by atoms with E-state index in [4.69, 9.17) is 25.5 Å². The molecule has 1 heterocycles. The Balaban J connectivity index is 1.53. The third-order valence-corrected chi connectivity index (χ3v) is 6.55. The number of furan rings is 1. The first-order valence-corrected chi connectivity index (χ1v) is 13.3. The third kappa shape index (κ3) is 6.83. The van der Waals surface area contributed by atoms with Crippen LogP contribution in [-0.2, 0) is 13.0 Å². The number of halogens is 3. The van der Waals surface area contributed by atoms with Gasteiger partial charge in [-0.15, -0.1) is 6.58 Å². The molecule has 1 aromatic heterocycles. The van der Waals surface area contributed by atoms with Crippen molar-refractivity contribution in [1.29, 1.82) is 0 Å². The molecule has 3 aromatic carbocycles. The highest BCUT2D eigenvalue weighted by Crippen LogP contribution is 2.34. The second-order valence-corrected chi connectivity index (χ2v) is 10.2. The van der Waals surface area contributed by atoms with Crippen molar-refractivity contribution >= 4 is 66.6 Å². The molecule has 9 heteroatoms. The van der Waals surface area contributed by atoms with Gasteiger partial charge in [0.25, 0.3) is 0 Å². The molecule has 6 nitrogen and oxygen atoms in total. The lowest BCUT2D eigenvalue weighted by Gasteiger charge is -2.17. The predicted molar refractivity (Wildman–Crippen MR) is 154 cm³/mol. The number of carbonyl (C=O) groups is 1. The van der Waals surface area contributed by atoms with Gasteiger partial charge in [-0.2, -0.15) is 5.10 Å². The first-order valence-electron chi connectivity index (χ1n) is 11.4. The summed E-state index contributed by atoms with van der Waals surface area (Å²) in [6, 6.07) is 16.6. The minimum absolute atomic E-state index is 0.152. The minimum atomic E-state index is -0.463. The third-order valence-electron chi connectivity index (χ3n) is 5.25. The fourth-order valence-corrected chi connectivity index (χ4v) is 5.10. The van der Waals surface area contributed by atoms with Crippen LogP contribution in [0.2, 0.25) is 5.02 Å². The predicted octanol–water partition coefficient (Wildman–Crippen LogP) is 8.08. The number of nitrogens with zero attached hydrogens (tertiary/aromatic N) is 1. The summed E-state index contributed by atoms with van der Waals surface area (Å²) in [5.41, 5.74) is 5.70. The van der Waals surface area contributed by atoms with Gasteiger partial charge in [-0.25, -0.2) is 5.43 Å². The number of rotatable bonds is 10. The summed E-state index contributed by atoms with van der Waals surface area (Å²) in [5.74, 6) is 0.905. The molecule has 0 aliphatic rings. The normalized spacial score (nSPS) is 11.1. The van der Waals surface area contributed by atoms with Crippen LogP contribution in [0.25, 0.3) is 11.0 Å². The molecule has 0 radical (unpaired) electrons. The monoisotopic (exact) mass is 644 g/mol. The van der Waals surface area contributed by atoms with Gasteiger partial charge in [0.15, 0.2) is 17.3 Å². The van der Waals surface area contributed by atoms with Crippen LogP contribution in [0.5, 0.6) is 11.5 Å². The smallest absolute Gasteiger partial charge is 0.307 e. The number of nitrogens with one attached hydrogen (secondary N) is 1. The first-order chi connectivity index (χ1) is 17.9. The quantitative estimate of drug-likeness (QED) is 0.107. The highest BCUT2D eigenvalue weighted by atomic mass is 79.9. The largest absolute Gasteiger partial charge is 0.490 e. The van der Waals surface area contributed by atoms with Crippen molar-refractivity contribution in [2.24, 2.45) is 5.10 Å². The van der Waals surface area contributed by atoms with Gasteiger partial charge in [-0.05, 0) is 82.9 Å². The summed E-state index contributed by atoms with van der Waals surface area (Å²) in [6.07, 6.45) is 3.90. The average molecular weight is 647 g/mol. The maximum Gasteiger partial charge on any atom is 0.307 e. The van der Waals surface area contributed by atoms with E-state index in [0.717, 1.165) is 31.0 Å². The molecule has 4 rings (SSSR count). The molecule has 4 aromatic rings. The number of benzene rings is 3. The SMILES string of the molecule is C=CCc1cc(/C=N\NC(=O)c2cc3cc(Br)cc(Br)c3o2)cc(OCC)c1OCc1ccc(Cl)cc1. The first kappa shape index (κ1) is 27.0. The Morgan fingerprint density at radius 2 is 1.92 bits per heavy atom. The van der Waals surface area contributed by atoms with Crippen molar-refractivity contribution < 1.29 is 18.7 Å². The minimum Gasteiger partial charge on any atom is -0.490 e. The van der Waals surface area contributed by atoms with E-state index >= 15 is 0 Å². The highest BCUT2D eigenvalue weighted by molar-refractivity contribution is 9.11. The van der Waals surface area contributed by atoms with Crippen LogP contribution in [0.4, 0.5) is 0 Å². The molecule has 0 bridgehead atoms. The molecule has 0 saturated carbocycles. The summed E-state index contributed by atoms with van der Waals surface area (Å²) in [6.45, 7) is 6.58. The van der Waals surface area contributed by atoms with Crippen LogP contribution in [0.1, 0.15) is 34.2 Å². The van der Waals surface area contributed by atoms with Crippen LogP contribution in [0.15, 0.2) is 85.7 Å². The van der Waals surface area contributed by atoms with E-state index in [1.165, 1.54) is 0 Å². The van der Waals surface area contributed by atoms with E-state index in [0.29, 0.717) is 41.7 Å². The van der Waals surface area contributed by atoms with Gasteiger partial charge in [0.1, 0.15) is 12.2 Å². The van der Waals surface area contributed by atoms with Gasteiger partial charge in [0, 0.05) is 20.4 Å². The van der Waals surface area contributed by atoms with Crippen molar-refractivity contribution in [2.45, 2.75) is 20.0 Å². The van der Waals surface area contributed by atoms with E-state index in [1.807, 2.05) is 55.5 Å². The van der Waals surface area contributed by atoms with Crippen molar-refractivity contribution in [3.8, 4) is 11.5 Å². The zero-order valence-electron chi connectivity index (χ0n) is 19.9. The van der Waals surface area contributed by atoms with Gasteiger partial charge < -0.3 is 13.9 Å². The standard InChI is InChI=1S/C28H23Br2ClN2O4/c1-3-5-19-10-18(11-24(35-4-2)27(19)36-16-17-6-8-22(31)9-7-17)15-32-33-28(34)25-13-20-12-21(29)14-23(30)26(20)37-25/h3,6-15H,1,4-5,16H2,2H3,(H,33,34)/b32-15-. The fraction of sp³-hybridized carbons (Fsp3) is 0.143. The van der Waals surface area contributed by atoms with Gasteiger partial charge in [-0.1, -0.05) is 45.7 Å². The maximum absolute atomic E-state index is 12.6. The molecule has 0 spiro atoms. The molecular weight excluding hydrogens is 624 g/mol. The lowest BCUT2D eigenvalue weighted by atomic mass is 10.1. The van der Waals surface area contributed by atoms with Crippen LogP contribution < -0.4 is 14.9 Å². The van der Waals surface area contributed by atoms with E-state index < -0.39 is 5.91 Å². The summed E-state index contributed by atoms with van der Waals surface area (Å²) in [4.78, 5) is 12.6. The van der Waals surface area contributed by atoms with Crippen molar-refractivity contribution in [3.05, 3.63) is 104 Å². The fourth-order valence-electron chi connectivity index (χ4n) is 3.64. The van der Waals surface area contributed by atoms with Gasteiger partial charge >= 0.3 is 5.91 Å². The number of carbonyl (C=O) groups excluding carboxylic acids is 1. The summed E-state index contributed by atoms with van der Waals surface area (Å²) in [7, 11) is 0. The Bertz CT molecular complexity index is 1470. The molecule has 0 aliphatic carbocycles. The number of hydrogen-bond acceptors (Lipinski definition) is 5. The van der Waals surface area contributed by atoms with Crippen LogP contribution in [0.3, 0.4) is 0 Å². The molecular formula is C28H23Br2ClN2O4. The van der Waals surface area contributed by atoms with Gasteiger partial charge in [-0.3, -0.25) is 4.79 Å². The number of ether oxygens (including phenoxy) is 2. The molecule has 0 saturated heterocycles. The van der Waals surface area contributed by atoms with Crippen LogP contribution in [-0.4, -0.2) is 18.7 Å². The highest BCUT2D eigenvalue weighted by Gasteiger charge is 2.15. The van der Waals surface area contributed by atoms with Crippen molar-refractivity contribution in [1.82, 2.24) is 5.43 Å². The summed E-state index contributed by atoms with van der Waals surface area (Å²) >= 11 is 12.9. The second kappa shape index (κ2) is 12.4. The van der Waals surface area contributed by atoms with E-state index in [1.54, 1.807) is 18.4 Å². The molecule has 0 aliphatic heterocycles. The molecule has 37 heavy (non-hydrogen) atoms. The maximum atomic E-state index is 12.6. The Kier molecular flexibility index (Phi) is 9.08. The van der Waals surface area contributed by atoms with Crippen molar-refractivity contribution in [3.63, 3.8) is 0 Å². The molecule has 0 atom stereocenters. The Hall–Kier alpha value is -3.07. The van der Waals surface area contributed by atoms with Crippen LogP contribution in [0, 0.1) is 0 Å². The van der Waals surface area contributed by atoms with E-state index in [2.05, 4.69) is 49.0 Å². The van der Waals surface area contributed by atoms with Crippen LogP contribution >= 0.6 is 43.5 Å². The lowest BCUT2D eigenvalue weighted by Crippen LogP contribution is -2.16. The zero-order chi connectivity index (χ0) is 26.4. The Morgan fingerprint density at radius 3 is 2.65 bits per heavy atom. The summed E-state index contributed by atoms with van der Waals surface area (Å²) in [5, 5.41) is 5.58. The van der Waals surface area contributed by atoms with Gasteiger partial charge in [0.05, 0.1) is 17.3 Å². The molecule has 1 N–H and O–H groups in total. The van der Waals surface area contributed by atoms with E-state index in [-0.39, 0.29) is 5.76 Å². The summed E-state index contributed by atoms with van der Waals surface area (Å²) < 4.78 is 19.3. The van der Waals surface area contributed by atoms with E-state index in [9.17, 15) is 4.79 Å². The molecule has 0 unspecified atom stereocenters. The number of amides is 1. The number of hydrogen-bond donors (Lipinski definition) is 1. The Morgan fingerprint density at radius 1 is 1.14 bits per heavy atom. The van der Waals surface area contributed by atoms with Gasteiger partial charge in [0.2, 0.25) is 0 Å². The number of allylic oxidation sites excluding steroid dienone is 1. The number of hydrazone groups is 1. The number of fused-ring (bicyclic) bond motifs is 1.